The topological polar surface area (TPSA) is 46.1 Å². The molecule has 33 heavy (non-hydrogen) atoms. The fraction of sp³-hybridized carbons (Fsp3) is 0.179. The number of nitrogens with zero attached hydrogens (tertiary/aromatic N) is 3. The molecule has 0 bridgehead atoms. The predicted octanol–water partition coefficient (Wildman–Crippen LogP) is 5.78. The second-order valence-electron chi connectivity index (χ2n) is 8.31. The van der Waals surface area contributed by atoms with Crippen molar-refractivity contribution >= 4 is 17.4 Å². The van der Waals surface area contributed by atoms with Crippen LogP contribution >= 0.6 is 11.6 Å². The van der Waals surface area contributed by atoms with E-state index in [4.69, 9.17) is 21.6 Å². The van der Waals surface area contributed by atoms with E-state index in [1.807, 2.05) is 60.7 Å². The van der Waals surface area contributed by atoms with Gasteiger partial charge in [-0.2, -0.15) is 0 Å². The summed E-state index contributed by atoms with van der Waals surface area (Å²) >= 11 is 6.58. The zero-order chi connectivity index (χ0) is 22.6. The van der Waals surface area contributed by atoms with Crippen LogP contribution in [0.5, 0.6) is 0 Å². The number of carbonyl (C=O) groups excluding carboxylic acids is 1. The van der Waals surface area contributed by atoms with Crippen LogP contribution in [0.1, 0.15) is 33.0 Å². The van der Waals surface area contributed by atoms with Crippen molar-refractivity contribution in [3.63, 3.8) is 0 Å². The highest BCUT2D eigenvalue weighted by Crippen LogP contribution is 2.33. The van der Waals surface area contributed by atoms with E-state index < -0.39 is 0 Å². The number of carbonyl (C=O) groups is 1. The molecule has 5 rings (SSSR count). The molecule has 0 N–H and O–H groups in total. The SMILES string of the molecule is O=C(Cc1nc2c(c(-c3ccccc3Cl)n1)CN(Cc1ccccc1)CC2)c1ccccc1. The van der Waals surface area contributed by atoms with Crippen LogP contribution in [0.3, 0.4) is 0 Å². The Bertz CT molecular complexity index is 1280. The van der Waals surface area contributed by atoms with E-state index in [2.05, 4.69) is 29.2 Å². The highest BCUT2D eigenvalue weighted by atomic mass is 35.5. The Morgan fingerprint density at radius 3 is 2.33 bits per heavy atom. The maximum atomic E-state index is 12.8. The quantitative estimate of drug-likeness (QED) is 0.347. The third-order valence-electron chi connectivity index (χ3n) is 5.98. The van der Waals surface area contributed by atoms with Crippen LogP contribution in [0.4, 0.5) is 0 Å². The molecule has 1 aromatic heterocycles. The lowest BCUT2D eigenvalue weighted by atomic mass is 9.98. The normalized spacial score (nSPS) is 13.5. The van der Waals surface area contributed by atoms with Crippen molar-refractivity contribution in [1.29, 1.82) is 0 Å². The predicted molar refractivity (Wildman–Crippen MR) is 131 cm³/mol. The number of Topliss-reactive ketones (excluding diaryl/α,β-unsaturated/α-hetero) is 1. The molecule has 0 saturated heterocycles. The van der Waals surface area contributed by atoms with Crippen LogP contribution in [0, 0.1) is 0 Å². The summed E-state index contributed by atoms with van der Waals surface area (Å²) in [6.45, 7) is 2.53. The highest BCUT2D eigenvalue weighted by molar-refractivity contribution is 6.33. The molecular formula is C28H24ClN3O. The van der Waals surface area contributed by atoms with Crippen molar-refractivity contribution in [2.45, 2.75) is 25.9 Å². The number of rotatable bonds is 6. The Balaban J connectivity index is 1.50. The average molecular weight is 454 g/mol. The maximum absolute atomic E-state index is 12.8. The molecule has 0 spiro atoms. The third kappa shape index (κ3) is 4.87. The number of halogens is 1. The van der Waals surface area contributed by atoms with Crippen LogP contribution in [-0.2, 0) is 25.9 Å². The van der Waals surface area contributed by atoms with Crippen molar-refractivity contribution in [1.82, 2.24) is 14.9 Å². The Morgan fingerprint density at radius 2 is 1.58 bits per heavy atom. The average Bonchev–Trinajstić information content (AvgIpc) is 2.85. The van der Waals surface area contributed by atoms with Crippen LogP contribution in [0.15, 0.2) is 84.9 Å². The van der Waals surface area contributed by atoms with Gasteiger partial charge in [0.05, 0.1) is 17.8 Å². The Morgan fingerprint density at radius 1 is 0.879 bits per heavy atom. The first kappa shape index (κ1) is 21.5. The molecule has 0 unspecified atom stereocenters. The molecular weight excluding hydrogens is 430 g/mol. The van der Waals surface area contributed by atoms with Crippen molar-refractivity contribution in [3.8, 4) is 11.3 Å². The van der Waals surface area contributed by atoms with E-state index in [9.17, 15) is 4.79 Å². The molecule has 5 heteroatoms. The van der Waals surface area contributed by atoms with Gasteiger partial charge in [0, 0.05) is 47.8 Å². The molecule has 4 aromatic rings. The molecule has 2 heterocycles. The van der Waals surface area contributed by atoms with Gasteiger partial charge in [0.25, 0.3) is 0 Å². The van der Waals surface area contributed by atoms with Crippen LogP contribution in [0.2, 0.25) is 5.02 Å². The highest BCUT2D eigenvalue weighted by Gasteiger charge is 2.25. The molecule has 0 aliphatic carbocycles. The van der Waals surface area contributed by atoms with Crippen molar-refractivity contribution in [2.75, 3.05) is 6.54 Å². The number of hydrogen-bond donors (Lipinski definition) is 0. The van der Waals surface area contributed by atoms with Gasteiger partial charge in [-0.1, -0.05) is 90.5 Å². The smallest absolute Gasteiger partial charge is 0.170 e. The second kappa shape index (κ2) is 9.65. The van der Waals surface area contributed by atoms with Crippen molar-refractivity contribution in [2.24, 2.45) is 0 Å². The second-order valence-corrected chi connectivity index (χ2v) is 8.71. The van der Waals surface area contributed by atoms with Crippen LogP contribution in [-0.4, -0.2) is 27.2 Å². The van der Waals surface area contributed by atoms with Crippen molar-refractivity contribution in [3.05, 3.63) is 118 Å². The summed E-state index contributed by atoms with van der Waals surface area (Å²) in [5.74, 6) is 0.566. The Hall–Kier alpha value is -3.34. The van der Waals surface area contributed by atoms with Gasteiger partial charge in [-0.25, -0.2) is 9.97 Å². The van der Waals surface area contributed by atoms with Gasteiger partial charge in [-0.15, -0.1) is 0 Å². The zero-order valence-electron chi connectivity index (χ0n) is 18.2. The number of fused-ring (bicyclic) bond motifs is 1. The minimum atomic E-state index is 0.0159. The Labute approximate surface area is 198 Å². The fourth-order valence-electron chi connectivity index (χ4n) is 4.32. The van der Waals surface area contributed by atoms with E-state index in [-0.39, 0.29) is 12.2 Å². The lowest BCUT2D eigenvalue weighted by Gasteiger charge is -2.30. The molecule has 0 fully saturated rings. The minimum Gasteiger partial charge on any atom is -0.294 e. The molecule has 0 radical (unpaired) electrons. The number of hydrogen-bond acceptors (Lipinski definition) is 4. The number of aromatic nitrogens is 2. The third-order valence-corrected chi connectivity index (χ3v) is 6.31. The van der Waals surface area contributed by atoms with Gasteiger partial charge in [-0.3, -0.25) is 9.69 Å². The summed E-state index contributed by atoms with van der Waals surface area (Å²) in [4.78, 5) is 25.0. The number of ketones is 1. The lowest BCUT2D eigenvalue weighted by Crippen LogP contribution is -2.32. The summed E-state index contributed by atoms with van der Waals surface area (Å²) in [5.41, 5.74) is 5.78. The van der Waals surface area contributed by atoms with E-state index in [1.165, 1.54) is 5.56 Å². The van der Waals surface area contributed by atoms with Gasteiger partial charge < -0.3 is 0 Å². The van der Waals surface area contributed by atoms with Crippen LogP contribution < -0.4 is 0 Å². The van der Waals surface area contributed by atoms with Gasteiger partial charge in [0.15, 0.2) is 5.78 Å². The van der Waals surface area contributed by atoms with Gasteiger partial charge in [0.1, 0.15) is 5.82 Å². The standard InChI is InChI=1S/C28H24ClN3O/c29-24-14-8-7-13-22(24)28-23-19-32(18-20-9-3-1-4-10-20)16-15-25(23)30-27(31-28)17-26(33)21-11-5-2-6-12-21/h1-14H,15-19H2. The minimum absolute atomic E-state index is 0.0159. The maximum Gasteiger partial charge on any atom is 0.170 e. The van der Waals surface area contributed by atoms with Gasteiger partial charge in [0.2, 0.25) is 0 Å². The molecule has 0 atom stereocenters. The molecule has 1 aliphatic rings. The molecule has 3 aromatic carbocycles. The fourth-order valence-corrected chi connectivity index (χ4v) is 4.55. The molecule has 0 amide bonds. The molecule has 164 valence electrons. The van der Waals surface area contributed by atoms with Gasteiger partial charge >= 0.3 is 0 Å². The summed E-state index contributed by atoms with van der Waals surface area (Å²) in [5, 5.41) is 0.652. The van der Waals surface area contributed by atoms with Gasteiger partial charge in [-0.05, 0) is 11.6 Å². The monoisotopic (exact) mass is 453 g/mol. The van der Waals surface area contributed by atoms with E-state index in [1.54, 1.807) is 0 Å². The van der Waals surface area contributed by atoms with Crippen LogP contribution in [0.25, 0.3) is 11.3 Å². The summed E-state index contributed by atoms with van der Waals surface area (Å²) in [6, 6.07) is 27.6. The van der Waals surface area contributed by atoms with E-state index in [0.717, 1.165) is 48.6 Å². The number of benzene rings is 3. The lowest BCUT2D eigenvalue weighted by molar-refractivity contribution is 0.0990. The first-order valence-electron chi connectivity index (χ1n) is 11.2. The molecule has 4 nitrogen and oxygen atoms in total. The van der Waals surface area contributed by atoms with E-state index in [0.29, 0.717) is 16.4 Å². The Kier molecular flexibility index (Phi) is 6.29. The summed E-state index contributed by atoms with van der Waals surface area (Å²) < 4.78 is 0. The zero-order valence-corrected chi connectivity index (χ0v) is 19.0. The van der Waals surface area contributed by atoms with E-state index >= 15 is 0 Å². The first-order chi connectivity index (χ1) is 16.2. The largest absolute Gasteiger partial charge is 0.294 e. The summed E-state index contributed by atoms with van der Waals surface area (Å²) in [7, 11) is 0. The molecule has 1 aliphatic heterocycles. The summed E-state index contributed by atoms with van der Waals surface area (Å²) in [6.07, 6.45) is 0.983. The van der Waals surface area contributed by atoms with Crippen molar-refractivity contribution < 1.29 is 4.79 Å². The molecule has 0 saturated carbocycles. The first-order valence-corrected chi connectivity index (χ1v) is 11.5.